The molecule has 0 bridgehead atoms. The highest BCUT2D eigenvalue weighted by Crippen LogP contribution is 2.25. The predicted octanol–water partition coefficient (Wildman–Crippen LogP) is 2.25. The van der Waals surface area contributed by atoms with Crippen LogP contribution in [0.1, 0.15) is 5.69 Å². The van der Waals surface area contributed by atoms with Gasteiger partial charge in [-0.1, -0.05) is 11.6 Å². The molecule has 0 fully saturated rings. The van der Waals surface area contributed by atoms with E-state index in [1.165, 1.54) is 12.1 Å². The zero-order valence-electron chi connectivity index (χ0n) is 9.72. The maximum Gasteiger partial charge on any atom is 0.201 e. The number of fused-ring (bicyclic) bond motifs is 1. The van der Waals surface area contributed by atoms with Crippen molar-refractivity contribution >= 4 is 28.6 Å². The first-order valence-corrected chi connectivity index (χ1v) is 5.90. The summed E-state index contributed by atoms with van der Waals surface area (Å²) in [5.41, 5.74) is 7.67. The van der Waals surface area contributed by atoms with Gasteiger partial charge in [-0.25, -0.2) is 9.37 Å². The summed E-state index contributed by atoms with van der Waals surface area (Å²) in [6, 6.07) is 6.35. The molecule has 96 valence electrons. The first kappa shape index (κ1) is 11.9. The lowest BCUT2D eigenvalue weighted by atomic mass is 10.3. The molecule has 3 aromatic rings. The number of benzene rings is 1. The average Bonchev–Trinajstić information content (AvgIpc) is 2.68. The van der Waals surface area contributed by atoms with Gasteiger partial charge in [0.1, 0.15) is 5.82 Å². The number of hydrogen-bond acceptors (Lipinski definition) is 4. The van der Waals surface area contributed by atoms with Crippen LogP contribution in [0.25, 0.3) is 11.0 Å². The number of anilines is 1. The van der Waals surface area contributed by atoms with Gasteiger partial charge in [-0.05, 0) is 18.2 Å². The molecule has 0 saturated carbocycles. The number of hydrogen-bond donors (Lipinski definition) is 1. The molecule has 2 N–H and O–H groups in total. The van der Waals surface area contributed by atoms with Gasteiger partial charge in [-0.3, -0.25) is 0 Å². The molecule has 0 amide bonds. The third-order valence-electron chi connectivity index (χ3n) is 2.77. The zero-order valence-corrected chi connectivity index (χ0v) is 10.5. The van der Waals surface area contributed by atoms with E-state index in [4.69, 9.17) is 17.3 Å². The van der Waals surface area contributed by atoms with E-state index in [0.29, 0.717) is 23.3 Å². The van der Waals surface area contributed by atoms with E-state index < -0.39 is 5.82 Å². The van der Waals surface area contributed by atoms with Gasteiger partial charge >= 0.3 is 0 Å². The molecular formula is C12H9ClFN5. The van der Waals surface area contributed by atoms with Gasteiger partial charge < -0.3 is 10.3 Å². The van der Waals surface area contributed by atoms with Crippen LogP contribution in [0.2, 0.25) is 5.02 Å². The molecule has 1 aromatic carbocycles. The average molecular weight is 278 g/mol. The number of nitrogen functional groups attached to an aromatic ring is 1. The van der Waals surface area contributed by atoms with Crippen LogP contribution in [0.3, 0.4) is 0 Å². The Labute approximate surface area is 112 Å². The van der Waals surface area contributed by atoms with Crippen molar-refractivity contribution in [3.05, 3.63) is 47.0 Å². The highest BCUT2D eigenvalue weighted by molar-refractivity contribution is 6.31. The lowest BCUT2D eigenvalue weighted by Crippen LogP contribution is -2.06. The van der Waals surface area contributed by atoms with Crippen molar-refractivity contribution in [3.63, 3.8) is 0 Å². The third-order valence-corrected chi connectivity index (χ3v) is 3.06. The molecule has 7 heteroatoms. The molecule has 2 heterocycles. The Kier molecular flexibility index (Phi) is 2.79. The van der Waals surface area contributed by atoms with Crippen LogP contribution in [0, 0.1) is 5.82 Å². The summed E-state index contributed by atoms with van der Waals surface area (Å²) in [5.74, 6) is -0.225. The summed E-state index contributed by atoms with van der Waals surface area (Å²) in [4.78, 5) is 4.15. The number of nitrogens with two attached hydrogens (primary N) is 1. The highest BCUT2D eigenvalue weighted by atomic mass is 35.5. The van der Waals surface area contributed by atoms with E-state index in [-0.39, 0.29) is 11.0 Å². The molecule has 19 heavy (non-hydrogen) atoms. The number of nitrogens with zero attached hydrogens (tertiary/aromatic N) is 4. The van der Waals surface area contributed by atoms with E-state index in [2.05, 4.69) is 15.2 Å². The summed E-state index contributed by atoms with van der Waals surface area (Å²) >= 11 is 5.72. The first-order valence-electron chi connectivity index (χ1n) is 5.52. The molecule has 2 aromatic heterocycles. The largest absolute Gasteiger partial charge is 0.369 e. The summed E-state index contributed by atoms with van der Waals surface area (Å²) in [5, 5.41) is 7.78. The van der Waals surface area contributed by atoms with Crippen LogP contribution in [0.15, 0.2) is 30.5 Å². The Balaban J connectivity index is 2.13. The molecule has 0 atom stereocenters. The topological polar surface area (TPSA) is 69.6 Å². The molecule has 5 nitrogen and oxygen atoms in total. The molecule has 0 spiro atoms. The van der Waals surface area contributed by atoms with Gasteiger partial charge in [0.05, 0.1) is 28.3 Å². The maximum absolute atomic E-state index is 13.5. The summed E-state index contributed by atoms with van der Waals surface area (Å²) in [7, 11) is 0. The fourth-order valence-corrected chi connectivity index (χ4v) is 2.04. The van der Waals surface area contributed by atoms with E-state index in [1.807, 2.05) is 6.07 Å². The van der Waals surface area contributed by atoms with Crippen LogP contribution in [0.4, 0.5) is 10.3 Å². The number of halogens is 2. The monoisotopic (exact) mass is 277 g/mol. The normalized spacial score (nSPS) is 11.1. The highest BCUT2D eigenvalue weighted by Gasteiger charge is 2.12. The van der Waals surface area contributed by atoms with Crippen molar-refractivity contribution in [3.8, 4) is 0 Å². The second-order valence-electron chi connectivity index (χ2n) is 4.03. The van der Waals surface area contributed by atoms with Crippen LogP contribution in [-0.2, 0) is 6.54 Å². The van der Waals surface area contributed by atoms with Crippen LogP contribution < -0.4 is 5.73 Å². The summed E-state index contributed by atoms with van der Waals surface area (Å²) in [6.07, 6.45) is 1.58. The third kappa shape index (κ3) is 2.10. The molecule has 0 radical (unpaired) electrons. The maximum atomic E-state index is 13.5. The second-order valence-corrected chi connectivity index (χ2v) is 4.43. The first-order chi connectivity index (χ1) is 9.15. The van der Waals surface area contributed by atoms with Crippen LogP contribution in [-0.4, -0.2) is 19.7 Å². The van der Waals surface area contributed by atoms with Gasteiger partial charge in [-0.15, -0.1) is 0 Å². The molecule has 0 saturated heterocycles. The van der Waals surface area contributed by atoms with Crippen molar-refractivity contribution in [2.24, 2.45) is 0 Å². The van der Waals surface area contributed by atoms with E-state index >= 15 is 0 Å². The zero-order chi connectivity index (χ0) is 13.4. The smallest absolute Gasteiger partial charge is 0.201 e. The minimum atomic E-state index is -0.505. The van der Waals surface area contributed by atoms with E-state index in [9.17, 15) is 4.39 Å². The number of imidazole rings is 1. The van der Waals surface area contributed by atoms with E-state index in [0.717, 1.165) is 0 Å². The molecule has 3 rings (SSSR count). The molecule has 0 aliphatic rings. The second kappa shape index (κ2) is 4.47. The van der Waals surface area contributed by atoms with Crippen molar-refractivity contribution in [1.82, 2.24) is 19.7 Å². The summed E-state index contributed by atoms with van der Waals surface area (Å²) in [6.45, 7) is 0.372. The Morgan fingerprint density at radius 3 is 2.95 bits per heavy atom. The van der Waals surface area contributed by atoms with Crippen molar-refractivity contribution in [2.75, 3.05) is 5.73 Å². The number of rotatable bonds is 2. The minimum Gasteiger partial charge on any atom is -0.369 e. The van der Waals surface area contributed by atoms with Gasteiger partial charge in [0.15, 0.2) is 0 Å². The van der Waals surface area contributed by atoms with Crippen molar-refractivity contribution in [2.45, 2.75) is 6.54 Å². The summed E-state index contributed by atoms with van der Waals surface area (Å²) < 4.78 is 15.2. The number of aromatic nitrogens is 4. The fraction of sp³-hybridized carbons (Fsp3) is 0.0833. The molecule has 0 aliphatic carbocycles. The molecule has 0 unspecified atom stereocenters. The Bertz CT molecular complexity index is 741. The molecule has 0 aliphatic heterocycles. The standard InChI is InChI=1S/C12H9ClFN5/c13-8-4-10-11(5-9(8)14)19(12(15)17-10)6-7-2-1-3-16-18-7/h1-5H,6H2,(H2,15,17). The van der Waals surface area contributed by atoms with Crippen molar-refractivity contribution < 1.29 is 4.39 Å². The fourth-order valence-electron chi connectivity index (χ4n) is 1.88. The van der Waals surface area contributed by atoms with Crippen LogP contribution in [0.5, 0.6) is 0 Å². The van der Waals surface area contributed by atoms with Gasteiger partial charge in [0.25, 0.3) is 0 Å². The van der Waals surface area contributed by atoms with Gasteiger partial charge in [-0.2, -0.15) is 10.2 Å². The van der Waals surface area contributed by atoms with Gasteiger partial charge in [0.2, 0.25) is 5.95 Å². The van der Waals surface area contributed by atoms with Crippen LogP contribution >= 0.6 is 11.6 Å². The molecular weight excluding hydrogens is 269 g/mol. The Hall–Kier alpha value is -2.21. The Morgan fingerprint density at radius 1 is 1.37 bits per heavy atom. The quantitative estimate of drug-likeness (QED) is 0.780. The lowest BCUT2D eigenvalue weighted by molar-refractivity contribution is 0.629. The van der Waals surface area contributed by atoms with Gasteiger partial charge in [0, 0.05) is 12.3 Å². The predicted molar refractivity (Wildman–Crippen MR) is 70.2 cm³/mol. The Morgan fingerprint density at radius 2 is 2.21 bits per heavy atom. The lowest BCUT2D eigenvalue weighted by Gasteiger charge is -2.05. The minimum absolute atomic E-state index is 0.0247. The van der Waals surface area contributed by atoms with E-state index in [1.54, 1.807) is 16.8 Å². The SMILES string of the molecule is Nc1nc2cc(Cl)c(F)cc2n1Cc1cccnn1. The van der Waals surface area contributed by atoms with Crippen molar-refractivity contribution in [1.29, 1.82) is 0 Å².